The predicted molar refractivity (Wildman–Crippen MR) is 161 cm³/mol. The summed E-state index contributed by atoms with van der Waals surface area (Å²) in [5.74, 6) is 6.66. The van der Waals surface area contributed by atoms with Crippen LogP contribution in [0.5, 0.6) is 11.5 Å². The third-order valence-electron chi connectivity index (χ3n) is 6.91. The molecule has 0 fully saturated rings. The average Bonchev–Trinajstić information content (AvgIpc) is 3.47. The number of nitrogens with one attached hydrogen (secondary N) is 1. The normalized spacial score (nSPS) is 14.2. The average molecular weight is 573 g/mol. The number of likely N-dealkylation sites (N-methyl/N-ethyl adjacent to an activating group) is 1. The topological polar surface area (TPSA) is 111 Å². The zero-order chi connectivity index (χ0) is 29.6. The van der Waals surface area contributed by atoms with Gasteiger partial charge in [0.05, 0.1) is 24.4 Å². The Balaban J connectivity index is 1.06. The summed E-state index contributed by atoms with van der Waals surface area (Å²) in [6.45, 7) is 0.873. The van der Waals surface area contributed by atoms with Crippen LogP contribution in [-0.4, -0.2) is 57.9 Å². The molecule has 0 spiro atoms. The molecule has 1 aliphatic rings. The van der Waals surface area contributed by atoms with E-state index in [4.69, 9.17) is 9.47 Å². The molecule has 10 heteroatoms. The van der Waals surface area contributed by atoms with Gasteiger partial charge in [0.1, 0.15) is 30.5 Å². The summed E-state index contributed by atoms with van der Waals surface area (Å²) in [6.07, 6.45) is 3.76. The monoisotopic (exact) mass is 572 g/mol. The number of pyridine rings is 1. The molecule has 1 atom stereocenters. The Morgan fingerprint density at radius 3 is 2.84 bits per heavy atom. The molecule has 3 heterocycles. The number of nitrogens with zero attached hydrogens (tertiary/aromatic N) is 5. The lowest BCUT2D eigenvalue weighted by atomic mass is 10.1. The highest BCUT2D eigenvalue weighted by Gasteiger charge is 2.31. The van der Waals surface area contributed by atoms with Gasteiger partial charge in [0, 0.05) is 30.6 Å². The fraction of sp³-hybridized carbons (Fsp3) is 0.182. The third-order valence-corrected chi connectivity index (χ3v) is 6.91. The van der Waals surface area contributed by atoms with Gasteiger partial charge < -0.3 is 19.7 Å². The number of benzene rings is 3. The maximum atomic E-state index is 13.3. The second kappa shape index (κ2) is 12.4. The number of carbonyl (C=O) groups excluding carboxylic acids is 2. The maximum Gasteiger partial charge on any atom is 0.291 e. The summed E-state index contributed by atoms with van der Waals surface area (Å²) in [6, 6.07) is 23.9. The molecule has 0 radical (unpaired) electrons. The summed E-state index contributed by atoms with van der Waals surface area (Å²) < 4.78 is 13.4. The van der Waals surface area contributed by atoms with Crippen molar-refractivity contribution in [3.05, 3.63) is 108 Å². The SMILES string of the molecule is CN1C(=O)C(NC(=O)c2ncn(Cc3ccccc3)n2)COc2ccc(C#CCCOc3cccc4ncccc34)cc21. The number of rotatable bonds is 7. The lowest BCUT2D eigenvalue weighted by Crippen LogP contribution is -2.49. The summed E-state index contributed by atoms with van der Waals surface area (Å²) in [4.78, 5) is 36.1. The number of hydrogen-bond acceptors (Lipinski definition) is 7. The van der Waals surface area contributed by atoms with E-state index < -0.39 is 11.9 Å². The fourth-order valence-electron chi connectivity index (χ4n) is 4.73. The molecule has 1 N–H and O–H groups in total. The van der Waals surface area contributed by atoms with Crippen LogP contribution in [0.4, 0.5) is 5.69 Å². The van der Waals surface area contributed by atoms with E-state index in [1.54, 1.807) is 30.1 Å². The highest BCUT2D eigenvalue weighted by Crippen LogP contribution is 2.31. The Labute approximate surface area is 248 Å². The zero-order valence-electron chi connectivity index (χ0n) is 23.4. The Morgan fingerprint density at radius 1 is 1.07 bits per heavy atom. The molecule has 6 rings (SSSR count). The smallest absolute Gasteiger partial charge is 0.291 e. The van der Waals surface area contributed by atoms with Gasteiger partial charge in [-0.25, -0.2) is 9.67 Å². The van der Waals surface area contributed by atoms with Crippen molar-refractivity contribution in [3.63, 3.8) is 0 Å². The summed E-state index contributed by atoms with van der Waals surface area (Å²) >= 11 is 0. The van der Waals surface area contributed by atoms with E-state index in [0.29, 0.717) is 31.0 Å². The Bertz CT molecular complexity index is 1840. The molecule has 5 aromatic rings. The number of fused-ring (bicyclic) bond motifs is 2. The van der Waals surface area contributed by atoms with Gasteiger partial charge in [-0.2, -0.15) is 0 Å². The number of carbonyl (C=O) groups is 2. The molecule has 0 saturated carbocycles. The van der Waals surface area contributed by atoms with Crippen molar-refractivity contribution in [3.8, 4) is 23.3 Å². The molecule has 214 valence electrons. The fourth-order valence-corrected chi connectivity index (χ4v) is 4.73. The Hall–Kier alpha value is -5.69. The van der Waals surface area contributed by atoms with E-state index in [1.165, 1.54) is 11.2 Å². The lowest BCUT2D eigenvalue weighted by Gasteiger charge is -2.20. The molecule has 0 aliphatic carbocycles. The Morgan fingerprint density at radius 2 is 1.95 bits per heavy atom. The molecule has 2 aromatic heterocycles. The van der Waals surface area contributed by atoms with Crippen LogP contribution in [0.15, 0.2) is 91.4 Å². The van der Waals surface area contributed by atoms with E-state index in [0.717, 1.165) is 27.8 Å². The number of hydrogen-bond donors (Lipinski definition) is 1. The molecule has 0 saturated heterocycles. The van der Waals surface area contributed by atoms with Crippen LogP contribution in [0.2, 0.25) is 0 Å². The molecule has 3 aromatic carbocycles. The van der Waals surface area contributed by atoms with Crippen molar-refractivity contribution in [1.29, 1.82) is 0 Å². The van der Waals surface area contributed by atoms with E-state index in [-0.39, 0.29) is 18.3 Å². The van der Waals surface area contributed by atoms with Gasteiger partial charge >= 0.3 is 0 Å². The molecule has 10 nitrogen and oxygen atoms in total. The minimum Gasteiger partial charge on any atom is -0.492 e. The summed E-state index contributed by atoms with van der Waals surface area (Å²) in [7, 11) is 1.64. The minimum atomic E-state index is -0.915. The van der Waals surface area contributed by atoms with Gasteiger partial charge in [-0.05, 0) is 48.0 Å². The van der Waals surface area contributed by atoms with Crippen LogP contribution < -0.4 is 19.7 Å². The largest absolute Gasteiger partial charge is 0.492 e. The van der Waals surface area contributed by atoms with Crippen molar-refractivity contribution in [2.45, 2.75) is 19.0 Å². The van der Waals surface area contributed by atoms with Crippen LogP contribution >= 0.6 is 0 Å². The molecular weight excluding hydrogens is 544 g/mol. The van der Waals surface area contributed by atoms with Gasteiger partial charge in [-0.1, -0.05) is 48.2 Å². The van der Waals surface area contributed by atoms with Crippen molar-refractivity contribution < 1.29 is 19.1 Å². The summed E-state index contributed by atoms with van der Waals surface area (Å²) in [5, 5.41) is 7.94. The van der Waals surface area contributed by atoms with Crippen molar-refractivity contribution in [2.75, 3.05) is 25.2 Å². The van der Waals surface area contributed by atoms with Gasteiger partial charge in [0.2, 0.25) is 5.82 Å². The molecule has 43 heavy (non-hydrogen) atoms. The second-order valence-electron chi connectivity index (χ2n) is 9.89. The van der Waals surface area contributed by atoms with Crippen LogP contribution in [0.1, 0.15) is 28.2 Å². The third kappa shape index (κ3) is 6.31. The maximum absolute atomic E-state index is 13.3. The quantitative estimate of drug-likeness (QED) is 0.233. The van der Waals surface area contributed by atoms with Crippen LogP contribution in [0.3, 0.4) is 0 Å². The van der Waals surface area contributed by atoms with Crippen LogP contribution in [-0.2, 0) is 11.3 Å². The van der Waals surface area contributed by atoms with Crippen LogP contribution in [0.25, 0.3) is 10.9 Å². The molecule has 1 aliphatic heterocycles. The Kier molecular flexibility index (Phi) is 7.95. The van der Waals surface area contributed by atoms with E-state index >= 15 is 0 Å². The van der Waals surface area contributed by atoms with Gasteiger partial charge in [-0.3, -0.25) is 14.6 Å². The predicted octanol–water partition coefficient (Wildman–Crippen LogP) is 3.85. The molecular formula is C33H28N6O4. The van der Waals surface area contributed by atoms with Crippen molar-refractivity contribution in [1.82, 2.24) is 25.1 Å². The number of anilines is 1. The van der Waals surface area contributed by atoms with Gasteiger partial charge in [0.15, 0.2) is 0 Å². The number of aromatic nitrogens is 4. The first-order valence-electron chi connectivity index (χ1n) is 13.8. The first-order valence-corrected chi connectivity index (χ1v) is 13.8. The van der Waals surface area contributed by atoms with Crippen molar-refractivity contribution in [2.24, 2.45) is 0 Å². The minimum absolute atomic E-state index is 0.0215. The molecule has 0 bridgehead atoms. The standard InChI is InChI=1S/C33H28N6O4/c1-38-28-19-23(9-5-6-18-42-29-14-7-13-26-25(29)12-8-17-34-26)15-16-30(28)43-21-27(33(38)41)36-32(40)31-35-22-39(37-31)20-24-10-3-2-4-11-24/h2-4,7-8,10-17,19,22,27H,6,18,20-21H2,1H3,(H,36,40). The highest BCUT2D eigenvalue weighted by atomic mass is 16.5. The van der Waals surface area contributed by atoms with Gasteiger partial charge in [-0.15, -0.1) is 5.10 Å². The second-order valence-corrected chi connectivity index (χ2v) is 9.89. The lowest BCUT2D eigenvalue weighted by molar-refractivity contribution is -0.120. The highest BCUT2D eigenvalue weighted by molar-refractivity contribution is 6.02. The van der Waals surface area contributed by atoms with Gasteiger partial charge in [0.25, 0.3) is 11.8 Å². The zero-order valence-corrected chi connectivity index (χ0v) is 23.4. The molecule has 2 amide bonds. The summed E-state index contributed by atoms with van der Waals surface area (Å²) in [5.41, 5.74) is 3.21. The van der Waals surface area contributed by atoms with E-state index in [2.05, 4.69) is 32.2 Å². The molecule has 1 unspecified atom stereocenters. The number of ether oxygens (including phenoxy) is 2. The van der Waals surface area contributed by atoms with E-state index in [9.17, 15) is 9.59 Å². The first kappa shape index (κ1) is 27.5. The van der Waals surface area contributed by atoms with Crippen LogP contribution in [0, 0.1) is 11.8 Å². The first-order chi connectivity index (χ1) is 21.0. The number of amides is 2. The van der Waals surface area contributed by atoms with Crippen molar-refractivity contribution >= 4 is 28.4 Å². The van der Waals surface area contributed by atoms with E-state index in [1.807, 2.05) is 66.7 Å².